The molecule has 0 amide bonds. The summed E-state index contributed by atoms with van der Waals surface area (Å²) in [7, 11) is 2.03. The van der Waals surface area contributed by atoms with Crippen LogP contribution in [-0.2, 0) is 0 Å². The van der Waals surface area contributed by atoms with Crippen molar-refractivity contribution < 1.29 is 8.78 Å². The second-order valence-corrected chi connectivity index (χ2v) is 4.25. The maximum atomic E-state index is 13.4. The van der Waals surface area contributed by atoms with E-state index in [9.17, 15) is 8.78 Å². The minimum Gasteiger partial charge on any atom is -0.309 e. The molecule has 5 heteroatoms. The van der Waals surface area contributed by atoms with Crippen LogP contribution in [0.25, 0.3) is 0 Å². The molecule has 2 aliphatic heterocycles. The summed E-state index contributed by atoms with van der Waals surface area (Å²) >= 11 is 0. The van der Waals surface area contributed by atoms with Crippen molar-refractivity contribution in [2.45, 2.75) is 12.0 Å². The Balaban J connectivity index is 1.95. The second kappa shape index (κ2) is 3.72. The lowest BCUT2D eigenvalue weighted by Crippen LogP contribution is -2.54. The van der Waals surface area contributed by atoms with Crippen molar-refractivity contribution in [3.63, 3.8) is 0 Å². The van der Waals surface area contributed by atoms with E-state index in [1.54, 1.807) is 0 Å². The van der Waals surface area contributed by atoms with E-state index < -0.39 is 12.0 Å². The molecular formula is C9H17F2N3. The Morgan fingerprint density at radius 1 is 1.21 bits per heavy atom. The van der Waals surface area contributed by atoms with Gasteiger partial charge in [-0.1, -0.05) is 0 Å². The first kappa shape index (κ1) is 10.3. The minimum atomic E-state index is -2.55. The molecule has 2 heterocycles. The first-order valence-electron chi connectivity index (χ1n) is 5.11. The molecule has 0 aromatic carbocycles. The average Bonchev–Trinajstić information content (AvgIpc) is 2.47. The average molecular weight is 205 g/mol. The Hall–Kier alpha value is -0.260. The Bertz CT molecular complexity index is 202. The van der Waals surface area contributed by atoms with Gasteiger partial charge in [-0.3, -0.25) is 4.90 Å². The van der Waals surface area contributed by atoms with Gasteiger partial charge in [0.2, 0.25) is 0 Å². The van der Waals surface area contributed by atoms with Crippen molar-refractivity contribution in [2.24, 2.45) is 0 Å². The van der Waals surface area contributed by atoms with Gasteiger partial charge in [0.25, 0.3) is 5.92 Å². The molecule has 0 saturated carbocycles. The summed E-state index contributed by atoms with van der Waals surface area (Å²) in [6.45, 7) is 3.58. The molecule has 2 saturated heterocycles. The number of hydrogen-bond acceptors (Lipinski definition) is 3. The fourth-order valence-corrected chi connectivity index (χ4v) is 2.17. The van der Waals surface area contributed by atoms with Gasteiger partial charge in [0.15, 0.2) is 0 Å². The minimum absolute atomic E-state index is 0.163. The van der Waals surface area contributed by atoms with E-state index in [1.165, 1.54) is 0 Å². The van der Waals surface area contributed by atoms with Gasteiger partial charge in [-0.15, -0.1) is 0 Å². The van der Waals surface area contributed by atoms with Crippen LogP contribution in [0.5, 0.6) is 0 Å². The first-order chi connectivity index (χ1) is 6.59. The van der Waals surface area contributed by atoms with Crippen LogP contribution >= 0.6 is 0 Å². The number of nitrogens with zero attached hydrogens (tertiary/aromatic N) is 2. The van der Waals surface area contributed by atoms with Crippen LogP contribution < -0.4 is 5.32 Å². The van der Waals surface area contributed by atoms with Crippen LogP contribution in [0.1, 0.15) is 0 Å². The van der Waals surface area contributed by atoms with Gasteiger partial charge in [0.05, 0.1) is 12.6 Å². The number of likely N-dealkylation sites (N-methyl/N-ethyl adjacent to an activating group) is 1. The third kappa shape index (κ3) is 1.89. The standard InChI is InChI=1S/C9H17F2N3/c1-13-2-4-14(5-3-13)8-6-12-7-9(8,10)11/h8,12H,2-7H2,1H3. The Labute approximate surface area is 83.0 Å². The van der Waals surface area contributed by atoms with Gasteiger partial charge in [-0.25, -0.2) is 8.78 Å². The largest absolute Gasteiger partial charge is 0.309 e. The Morgan fingerprint density at radius 3 is 2.36 bits per heavy atom. The molecule has 0 aromatic rings. The molecule has 2 rings (SSSR count). The smallest absolute Gasteiger partial charge is 0.276 e. The zero-order valence-electron chi connectivity index (χ0n) is 8.47. The first-order valence-corrected chi connectivity index (χ1v) is 5.11. The fraction of sp³-hybridized carbons (Fsp3) is 1.00. The maximum Gasteiger partial charge on any atom is 0.276 e. The van der Waals surface area contributed by atoms with E-state index in [4.69, 9.17) is 0 Å². The number of piperazine rings is 1. The van der Waals surface area contributed by atoms with E-state index in [0.717, 1.165) is 26.2 Å². The third-order valence-electron chi connectivity index (χ3n) is 3.16. The van der Waals surface area contributed by atoms with Crippen molar-refractivity contribution in [3.8, 4) is 0 Å². The maximum absolute atomic E-state index is 13.4. The van der Waals surface area contributed by atoms with Gasteiger partial charge >= 0.3 is 0 Å². The molecular weight excluding hydrogens is 188 g/mol. The highest BCUT2D eigenvalue weighted by Gasteiger charge is 2.47. The lowest BCUT2D eigenvalue weighted by Gasteiger charge is -2.37. The highest BCUT2D eigenvalue weighted by Crippen LogP contribution is 2.26. The Kier molecular flexibility index (Phi) is 2.72. The molecule has 1 atom stereocenters. The number of rotatable bonds is 1. The predicted octanol–water partition coefficient (Wildman–Crippen LogP) is -0.159. The highest BCUT2D eigenvalue weighted by molar-refractivity contribution is 4.96. The summed E-state index contributed by atoms with van der Waals surface area (Å²) in [5.74, 6) is -2.55. The summed E-state index contributed by atoms with van der Waals surface area (Å²) in [5.41, 5.74) is 0. The second-order valence-electron chi connectivity index (χ2n) is 4.25. The molecule has 0 bridgehead atoms. The van der Waals surface area contributed by atoms with Crippen LogP contribution in [0.15, 0.2) is 0 Å². The fourth-order valence-electron chi connectivity index (χ4n) is 2.17. The SMILES string of the molecule is CN1CCN(C2CNCC2(F)F)CC1. The van der Waals surface area contributed by atoms with E-state index in [2.05, 4.69) is 10.2 Å². The summed E-state index contributed by atoms with van der Waals surface area (Å²) < 4.78 is 26.7. The number of hydrogen-bond donors (Lipinski definition) is 1. The summed E-state index contributed by atoms with van der Waals surface area (Å²) in [5, 5.41) is 2.77. The van der Waals surface area contributed by atoms with Crippen molar-refractivity contribution >= 4 is 0 Å². The van der Waals surface area contributed by atoms with E-state index in [0.29, 0.717) is 6.54 Å². The van der Waals surface area contributed by atoms with Crippen LogP contribution in [-0.4, -0.2) is 68.1 Å². The third-order valence-corrected chi connectivity index (χ3v) is 3.16. The quantitative estimate of drug-likeness (QED) is 0.642. The number of alkyl halides is 2. The zero-order chi connectivity index (χ0) is 10.2. The normalized spacial score (nSPS) is 34.9. The summed E-state index contributed by atoms with van der Waals surface area (Å²) in [6, 6.07) is -0.587. The molecule has 82 valence electrons. The van der Waals surface area contributed by atoms with Crippen molar-refractivity contribution in [3.05, 3.63) is 0 Å². The van der Waals surface area contributed by atoms with Gasteiger partial charge < -0.3 is 10.2 Å². The lowest BCUT2D eigenvalue weighted by atomic mass is 10.1. The highest BCUT2D eigenvalue weighted by atomic mass is 19.3. The van der Waals surface area contributed by atoms with Crippen LogP contribution in [0.3, 0.4) is 0 Å². The lowest BCUT2D eigenvalue weighted by molar-refractivity contribution is -0.0576. The molecule has 0 aliphatic carbocycles. The number of halogens is 2. The number of nitrogens with one attached hydrogen (secondary N) is 1. The molecule has 1 unspecified atom stereocenters. The van der Waals surface area contributed by atoms with Gasteiger partial charge in [-0.2, -0.15) is 0 Å². The van der Waals surface area contributed by atoms with Crippen molar-refractivity contribution in [1.82, 2.24) is 15.1 Å². The van der Waals surface area contributed by atoms with Crippen molar-refractivity contribution in [2.75, 3.05) is 46.3 Å². The molecule has 3 nitrogen and oxygen atoms in total. The van der Waals surface area contributed by atoms with Crippen LogP contribution in [0.2, 0.25) is 0 Å². The van der Waals surface area contributed by atoms with E-state index >= 15 is 0 Å². The monoisotopic (exact) mass is 205 g/mol. The van der Waals surface area contributed by atoms with Gasteiger partial charge in [0.1, 0.15) is 0 Å². The summed E-state index contributed by atoms with van der Waals surface area (Å²) in [6.07, 6.45) is 0. The molecule has 14 heavy (non-hydrogen) atoms. The van der Waals surface area contributed by atoms with E-state index in [1.807, 2.05) is 11.9 Å². The molecule has 0 aromatic heterocycles. The molecule has 0 spiro atoms. The van der Waals surface area contributed by atoms with Crippen molar-refractivity contribution in [1.29, 1.82) is 0 Å². The topological polar surface area (TPSA) is 18.5 Å². The van der Waals surface area contributed by atoms with Gasteiger partial charge in [-0.05, 0) is 7.05 Å². The molecule has 0 radical (unpaired) electrons. The molecule has 1 N–H and O–H groups in total. The summed E-state index contributed by atoms with van der Waals surface area (Å²) in [4.78, 5) is 4.09. The molecule has 2 aliphatic rings. The molecule has 2 fully saturated rings. The zero-order valence-corrected chi connectivity index (χ0v) is 8.47. The van der Waals surface area contributed by atoms with Crippen LogP contribution in [0.4, 0.5) is 8.78 Å². The van der Waals surface area contributed by atoms with E-state index in [-0.39, 0.29) is 6.54 Å². The Morgan fingerprint density at radius 2 is 1.86 bits per heavy atom. The van der Waals surface area contributed by atoms with Gasteiger partial charge in [0, 0.05) is 32.7 Å². The predicted molar refractivity (Wildman–Crippen MR) is 50.7 cm³/mol. The van der Waals surface area contributed by atoms with Crippen LogP contribution in [0, 0.1) is 0 Å².